The van der Waals surface area contributed by atoms with Crippen LogP contribution in [0.3, 0.4) is 0 Å². The summed E-state index contributed by atoms with van der Waals surface area (Å²) in [5.74, 6) is 1.86. The molecule has 1 aliphatic rings. The molecule has 1 aliphatic heterocycles. The summed E-state index contributed by atoms with van der Waals surface area (Å²) in [6.07, 6.45) is 2.38. The van der Waals surface area contributed by atoms with Crippen LogP contribution in [0.25, 0.3) is 0 Å². The second-order valence-corrected chi connectivity index (χ2v) is 6.78. The second-order valence-electron chi connectivity index (χ2n) is 6.78. The fraction of sp³-hybridized carbons (Fsp3) is 0.409. The predicted molar refractivity (Wildman–Crippen MR) is 108 cm³/mol. The molecule has 0 radical (unpaired) electrons. The number of benzene rings is 2. The summed E-state index contributed by atoms with van der Waals surface area (Å²) in [6.45, 7) is 2.59. The second kappa shape index (κ2) is 9.99. The van der Waals surface area contributed by atoms with Gasteiger partial charge in [0.05, 0.1) is 20.3 Å². The number of hydrogen-bond donors (Lipinski definition) is 1. The van der Waals surface area contributed by atoms with Crippen LogP contribution in [0.5, 0.6) is 17.2 Å². The number of amides is 1. The Kier molecular flexibility index (Phi) is 7.14. The van der Waals surface area contributed by atoms with Gasteiger partial charge in [0.1, 0.15) is 5.75 Å². The van der Waals surface area contributed by atoms with Crippen molar-refractivity contribution in [3.05, 3.63) is 54.1 Å². The van der Waals surface area contributed by atoms with Crippen molar-refractivity contribution in [2.75, 3.05) is 40.5 Å². The van der Waals surface area contributed by atoms with E-state index in [4.69, 9.17) is 14.2 Å². The molecule has 6 heteroatoms. The Labute approximate surface area is 166 Å². The van der Waals surface area contributed by atoms with Crippen molar-refractivity contribution in [3.8, 4) is 17.2 Å². The van der Waals surface area contributed by atoms with E-state index in [0.717, 1.165) is 18.8 Å². The molecule has 1 unspecified atom stereocenters. The number of nitrogens with one attached hydrogen (secondary N) is 1. The zero-order valence-corrected chi connectivity index (χ0v) is 16.5. The third-order valence-electron chi connectivity index (χ3n) is 5.00. The molecule has 0 spiro atoms. The molecule has 28 heavy (non-hydrogen) atoms. The van der Waals surface area contributed by atoms with Crippen molar-refractivity contribution in [1.82, 2.24) is 10.2 Å². The maximum absolute atomic E-state index is 12.4. The fourth-order valence-corrected chi connectivity index (χ4v) is 3.48. The van der Waals surface area contributed by atoms with Crippen LogP contribution in [0.1, 0.15) is 24.4 Å². The number of methoxy groups -OCH3 is 2. The van der Waals surface area contributed by atoms with E-state index >= 15 is 0 Å². The lowest BCUT2D eigenvalue weighted by Crippen LogP contribution is -2.38. The van der Waals surface area contributed by atoms with E-state index in [0.29, 0.717) is 18.0 Å². The van der Waals surface area contributed by atoms with Gasteiger partial charge >= 0.3 is 0 Å². The average molecular weight is 384 g/mol. The van der Waals surface area contributed by atoms with Gasteiger partial charge < -0.3 is 19.5 Å². The van der Waals surface area contributed by atoms with E-state index in [2.05, 4.69) is 22.3 Å². The molecule has 3 rings (SSSR count). The number of carbonyl (C=O) groups excluding carboxylic acids is 1. The van der Waals surface area contributed by atoms with E-state index in [9.17, 15) is 4.79 Å². The smallest absolute Gasteiger partial charge is 0.258 e. The SMILES string of the molecule is COc1ccc(C(CNC(=O)COc2ccccc2OC)N2CCCC2)cc1. The highest BCUT2D eigenvalue weighted by atomic mass is 16.5. The molecule has 1 N–H and O–H groups in total. The normalized spacial score (nSPS) is 15.1. The van der Waals surface area contributed by atoms with Gasteiger partial charge in [0.2, 0.25) is 0 Å². The molecule has 150 valence electrons. The minimum atomic E-state index is -0.149. The topological polar surface area (TPSA) is 60.0 Å². The molecular weight excluding hydrogens is 356 g/mol. The predicted octanol–water partition coefficient (Wildman–Crippen LogP) is 3.04. The highest BCUT2D eigenvalue weighted by molar-refractivity contribution is 5.77. The standard InChI is InChI=1S/C22H28N2O4/c1-26-18-11-9-17(10-12-18)19(24-13-5-6-14-24)15-23-22(25)16-28-21-8-4-3-7-20(21)27-2/h3-4,7-12,19H,5-6,13-16H2,1-2H3,(H,23,25). The summed E-state index contributed by atoms with van der Waals surface area (Å²) in [5, 5.41) is 3.02. The van der Waals surface area contributed by atoms with Gasteiger partial charge in [0, 0.05) is 6.54 Å². The molecule has 6 nitrogen and oxygen atoms in total. The van der Waals surface area contributed by atoms with Gasteiger partial charge in [0.15, 0.2) is 18.1 Å². The summed E-state index contributed by atoms with van der Waals surface area (Å²) in [7, 11) is 3.24. The minimum absolute atomic E-state index is 0.0459. The Morgan fingerprint density at radius 2 is 1.68 bits per heavy atom. The highest BCUT2D eigenvalue weighted by Gasteiger charge is 2.24. The fourth-order valence-electron chi connectivity index (χ4n) is 3.48. The van der Waals surface area contributed by atoms with Crippen molar-refractivity contribution >= 4 is 5.91 Å². The molecule has 2 aromatic carbocycles. The Balaban J connectivity index is 1.58. The molecule has 0 bridgehead atoms. The van der Waals surface area contributed by atoms with Crippen LogP contribution in [-0.2, 0) is 4.79 Å². The number of rotatable bonds is 9. The molecule has 2 aromatic rings. The van der Waals surface area contributed by atoms with Crippen molar-refractivity contribution < 1.29 is 19.0 Å². The monoisotopic (exact) mass is 384 g/mol. The van der Waals surface area contributed by atoms with Gasteiger partial charge in [-0.1, -0.05) is 24.3 Å². The van der Waals surface area contributed by atoms with E-state index in [-0.39, 0.29) is 18.6 Å². The van der Waals surface area contributed by atoms with E-state index in [1.165, 1.54) is 18.4 Å². The van der Waals surface area contributed by atoms with Gasteiger partial charge in [-0.3, -0.25) is 9.69 Å². The van der Waals surface area contributed by atoms with Crippen LogP contribution in [0.4, 0.5) is 0 Å². The quantitative estimate of drug-likeness (QED) is 0.720. The molecule has 0 aliphatic carbocycles. The lowest BCUT2D eigenvalue weighted by molar-refractivity contribution is -0.123. The highest BCUT2D eigenvalue weighted by Crippen LogP contribution is 2.27. The van der Waals surface area contributed by atoms with E-state index in [1.54, 1.807) is 26.4 Å². The van der Waals surface area contributed by atoms with Gasteiger partial charge in [-0.25, -0.2) is 0 Å². The number of ether oxygens (including phenoxy) is 3. The summed E-state index contributed by atoms with van der Waals surface area (Å²) >= 11 is 0. The van der Waals surface area contributed by atoms with Gasteiger partial charge in [-0.2, -0.15) is 0 Å². The summed E-state index contributed by atoms with van der Waals surface area (Å²) in [5.41, 5.74) is 1.17. The first-order valence-electron chi connectivity index (χ1n) is 9.62. The van der Waals surface area contributed by atoms with Crippen molar-refractivity contribution in [1.29, 1.82) is 0 Å². The maximum atomic E-state index is 12.4. The molecule has 1 atom stereocenters. The zero-order chi connectivity index (χ0) is 19.8. The van der Waals surface area contributed by atoms with Gasteiger partial charge in [-0.05, 0) is 55.8 Å². The Bertz CT molecular complexity index is 757. The Morgan fingerprint density at radius 1 is 1.00 bits per heavy atom. The lowest BCUT2D eigenvalue weighted by Gasteiger charge is -2.28. The van der Waals surface area contributed by atoms with Crippen LogP contribution in [0.15, 0.2) is 48.5 Å². The first-order valence-corrected chi connectivity index (χ1v) is 9.62. The lowest BCUT2D eigenvalue weighted by atomic mass is 10.1. The van der Waals surface area contributed by atoms with Crippen LogP contribution < -0.4 is 19.5 Å². The molecule has 0 aromatic heterocycles. The maximum Gasteiger partial charge on any atom is 0.258 e. The summed E-state index contributed by atoms with van der Waals surface area (Å²) in [6, 6.07) is 15.5. The molecule has 1 heterocycles. The van der Waals surface area contributed by atoms with Gasteiger partial charge in [0.25, 0.3) is 5.91 Å². The molecule has 1 amide bonds. The Hall–Kier alpha value is -2.73. The first kappa shape index (κ1) is 20.0. The molecule has 1 fully saturated rings. The molecule has 0 saturated carbocycles. The number of para-hydroxylation sites is 2. The molecular formula is C22H28N2O4. The third-order valence-corrected chi connectivity index (χ3v) is 5.00. The molecule has 1 saturated heterocycles. The van der Waals surface area contributed by atoms with E-state index in [1.807, 2.05) is 24.3 Å². The zero-order valence-electron chi connectivity index (χ0n) is 16.5. The van der Waals surface area contributed by atoms with E-state index < -0.39 is 0 Å². The van der Waals surface area contributed by atoms with Crippen molar-refractivity contribution in [2.24, 2.45) is 0 Å². The summed E-state index contributed by atoms with van der Waals surface area (Å²) < 4.78 is 16.1. The summed E-state index contributed by atoms with van der Waals surface area (Å²) in [4.78, 5) is 14.8. The largest absolute Gasteiger partial charge is 0.497 e. The average Bonchev–Trinajstić information content (AvgIpc) is 3.27. The Morgan fingerprint density at radius 3 is 2.32 bits per heavy atom. The van der Waals surface area contributed by atoms with Crippen LogP contribution >= 0.6 is 0 Å². The number of nitrogens with zero attached hydrogens (tertiary/aromatic N) is 1. The first-order chi connectivity index (χ1) is 13.7. The van der Waals surface area contributed by atoms with Crippen LogP contribution in [0.2, 0.25) is 0 Å². The van der Waals surface area contributed by atoms with Crippen molar-refractivity contribution in [2.45, 2.75) is 18.9 Å². The minimum Gasteiger partial charge on any atom is -0.497 e. The van der Waals surface area contributed by atoms with Crippen LogP contribution in [0, 0.1) is 0 Å². The van der Waals surface area contributed by atoms with Crippen molar-refractivity contribution in [3.63, 3.8) is 0 Å². The number of hydrogen-bond acceptors (Lipinski definition) is 5. The van der Waals surface area contributed by atoms with Crippen LogP contribution in [-0.4, -0.2) is 51.3 Å². The number of likely N-dealkylation sites (tertiary alicyclic amines) is 1. The third kappa shape index (κ3) is 5.16. The van der Waals surface area contributed by atoms with Gasteiger partial charge in [-0.15, -0.1) is 0 Å². The number of carbonyl (C=O) groups is 1.